The summed E-state index contributed by atoms with van der Waals surface area (Å²) in [6.45, 7) is 8.80. The fraction of sp³-hybridized carbons (Fsp3) is 0.833. The first-order chi connectivity index (χ1) is 11.8. The van der Waals surface area contributed by atoms with Crippen LogP contribution in [0, 0.1) is 17.8 Å². The van der Waals surface area contributed by atoms with Crippen LogP contribution in [-0.2, 0) is 9.59 Å². The van der Waals surface area contributed by atoms with Gasteiger partial charge >= 0.3 is 6.03 Å². The van der Waals surface area contributed by atoms with Crippen LogP contribution in [0.1, 0.15) is 52.9 Å². The molecule has 2 saturated heterocycles. The molecule has 0 unspecified atom stereocenters. The van der Waals surface area contributed by atoms with Crippen molar-refractivity contribution in [2.75, 3.05) is 19.6 Å². The number of likely N-dealkylation sites (tertiary alicyclic amines) is 1. The number of hydrogen-bond donors (Lipinski definition) is 3. The second-order valence-corrected chi connectivity index (χ2v) is 8.65. The second kappa shape index (κ2) is 6.94. The average Bonchev–Trinajstić information content (AvgIpc) is 2.74. The molecule has 2 aliphatic heterocycles. The van der Waals surface area contributed by atoms with E-state index in [1.807, 2.05) is 0 Å². The van der Waals surface area contributed by atoms with Gasteiger partial charge in [-0.2, -0.15) is 5.01 Å². The van der Waals surface area contributed by atoms with E-state index < -0.39 is 11.6 Å². The molecule has 1 aliphatic carbocycles. The number of imide groups is 1. The number of rotatable bonds is 3. The van der Waals surface area contributed by atoms with E-state index in [9.17, 15) is 14.4 Å². The van der Waals surface area contributed by atoms with Gasteiger partial charge in [0.15, 0.2) is 6.54 Å². The highest BCUT2D eigenvalue weighted by molar-refractivity contribution is 6.08. The fourth-order valence-corrected chi connectivity index (χ4v) is 4.77. The van der Waals surface area contributed by atoms with Gasteiger partial charge in [0.25, 0.3) is 11.8 Å². The van der Waals surface area contributed by atoms with Gasteiger partial charge in [0.2, 0.25) is 0 Å². The van der Waals surface area contributed by atoms with Crippen LogP contribution in [0.3, 0.4) is 0 Å². The highest BCUT2D eigenvalue weighted by Crippen LogP contribution is 2.35. The highest BCUT2D eigenvalue weighted by Gasteiger charge is 2.53. The molecule has 7 nitrogen and oxygen atoms in total. The van der Waals surface area contributed by atoms with Gasteiger partial charge in [-0.1, -0.05) is 20.8 Å². The third kappa shape index (κ3) is 3.81. The Morgan fingerprint density at radius 3 is 2.36 bits per heavy atom. The van der Waals surface area contributed by atoms with Crippen LogP contribution < -0.4 is 15.6 Å². The summed E-state index contributed by atoms with van der Waals surface area (Å²) in [5.41, 5.74) is 1.74. The van der Waals surface area contributed by atoms with E-state index in [4.69, 9.17) is 0 Å². The van der Waals surface area contributed by atoms with E-state index in [1.165, 1.54) is 11.3 Å². The van der Waals surface area contributed by atoms with Gasteiger partial charge < -0.3 is 10.2 Å². The molecule has 3 fully saturated rings. The lowest BCUT2D eigenvalue weighted by Crippen LogP contribution is -3.15. The van der Waals surface area contributed by atoms with Crippen molar-refractivity contribution in [3.63, 3.8) is 0 Å². The van der Waals surface area contributed by atoms with E-state index in [-0.39, 0.29) is 11.8 Å². The second-order valence-electron chi connectivity index (χ2n) is 8.65. The molecule has 0 aromatic carbocycles. The number of piperidine rings is 1. The standard InChI is InChI=1S/C18H30N4O3/c1-12-4-6-18(7-5-12)16(24)22(17(25)19-18)20-15(23)11-21-9-13(2)8-14(3)10-21/h12-14H,4-11H2,1-3H3,(H,19,25)(H,20,23)/p+1/t12?,13-,14-,18?/m0/s1. The van der Waals surface area contributed by atoms with E-state index in [0.717, 1.165) is 30.9 Å². The van der Waals surface area contributed by atoms with E-state index in [0.29, 0.717) is 37.1 Å². The minimum atomic E-state index is -0.808. The molecular weight excluding hydrogens is 320 g/mol. The molecule has 1 spiro atoms. The van der Waals surface area contributed by atoms with Gasteiger partial charge in [0.05, 0.1) is 13.1 Å². The smallest absolute Gasteiger partial charge is 0.327 e. The molecular formula is C18H31N4O3+. The zero-order valence-corrected chi connectivity index (χ0v) is 15.6. The lowest BCUT2D eigenvalue weighted by Gasteiger charge is -2.33. The SMILES string of the molecule is CC1CCC2(CC1)NC(=O)N(NC(=O)C[NH+]1C[C@@H](C)C[C@H](C)C1)C2=O. The molecule has 0 radical (unpaired) electrons. The lowest BCUT2D eigenvalue weighted by molar-refractivity contribution is -0.904. The molecule has 140 valence electrons. The molecule has 0 aromatic heterocycles. The Morgan fingerprint density at radius 1 is 1.16 bits per heavy atom. The van der Waals surface area contributed by atoms with Crippen molar-refractivity contribution in [3.8, 4) is 0 Å². The van der Waals surface area contributed by atoms with E-state index in [1.54, 1.807) is 0 Å². The van der Waals surface area contributed by atoms with E-state index in [2.05, 4.69) is 31.5 Å². The molecule has 1 saturated carbocycles. The number of carbonyl (C=O) groups excluding carboxylic acids is 3. The first-order valence-electron chi connectivity index (χ1n) is 9.59. The number of amides is 4. The van der Waals surface area contributed by atoms with Crippen molar-refractivity contribution in [1.82, 2.24) is 15.8 Å². The van der Waals surface area contributed by atoms with E-state index >= 15 is 0 Å². The number of carbonyl (C=O) groups is 3. The fourth-order valence-electron chi connectivity index (χ4n) is 4.77. The van der Waals surface area contributed by atoms with Gasteiger partial charge in [0.1, 0.15) is 5.54 Å². The molecule has 7 heteroatoms. The molecule has 4 amide bonds. The molecule has 2 atom stereocenters. The quantitative estimate of drug-likeness (QED) is 0.630. The molecule has 3 aliphatic rings. The zero-order chi connectivity index (χ0) is 18.2. The number of hydrazine groups is 1. The van der Waals surface area contributed by atoms with Crippen LogP contribution >= 0.6 is 0 Å². The Labute approximate surface area is 149 Å². The zero-order valence-electron chi connectivity index (χ0n) is 15.6. The molecule has 3 N–H and O–H groups in total. The minimum Gasteiger partial charge on any atom is -0.327 e. The maximum Gasteiger partial charge on any atom is 0.344 e. The molecule has 3 rings (SSSR count). The predicted octanol–water partition coefficient (Wildman–Crippen LogP) is 0.0791. The summed E-state index contributed by atoms with van der Waals surface area (Å²) in [4.78, 5) is 38.6. The maximum atomic E-state index is 12.8. The van der Waals surface area contributed by atoms with Crippen molar-refractivity contribution < 1.29 is 19.3 Å². The summed E-state index contributed by atoms with van der Waals surface area (Å²) < 4.78 is 0. The van der Waals surface area contributed by atoms with Crippen LogP contribution in [0.4, 0.5) is 4.79 Å². The van der Waals surface area contributed by atoms with Crippen molar-refractivity contribution in [1.29, 1.82) is 0 Å². The van der Waals surface area contributed by atoms with Crippen molar-refractivity contribution in [2.24, 2.45) is 17.8 Å². The molecule has 25 heavy (non-hydrogen) atoms. The summed E-state index contributed by atoms with van der Waals surface area (Å²) >= 11 is 0. The minimum absolute atomic E-state index is 0.263. The number of quaternary nitrogens is 1. The molecule has 2 heterocycles. The third-order valence-corrected chi connectivity index (χ3v) is 6.02. The van der Waals surface area contributed by atoms with Crippen LogP contribution in [0.25, 0.3) is 0 Å². The number of urea groups is 1. The average molecular weight is 351 g/mol. The first kappa shape index (κ1) is 18.2. The Hall–Kier alpha value is -1.63. The number of nitrogens with one attached hydrogen (secondary N) is 3. The van der Waals surface area contributed by atoms with Crippen LogP contribution in [0.15, 0.2) is 0 Å². The molecule has 0 bridgehead atoms. The van der Waals surface area contributed by atoms with Crippen LogP contribution in [-0.4, -0.2) is 48.0 Å². The van der Waals surface area contributed by atoms with Gasteiger partial charge in [0, 0.05) is 11.8 Å². The molecule has 0 aromatic rings. The lowest BCUT2D eigenvalue weighted by atomic mass is 9.77. The summed E-state index contributed by atoms with van der Waals surface area (Å²) in [5.74, 6) is 1.20. The van der Waals surface area contributed by atoms with Gasteiger partial charge in [-0.25, -0.2) is 4.79 Å². The topological polar surface area (TPSA) is 83.0 Å². The first-order valence-corrected chi connectivity index (χ1v) is 9.59. The summed E-state index contributed by atoms with van der Waals surface area (Å²) in [7, 11) is 0. The Kier molecular flexibility index (Phi) is 5.04. The Balaban J connectivity index is 1.58. The Morgan fingerprint density at radius 2 is 1.76 bits per heavy atom. The highest BCUT2D eigenvalue weighted by atomic mass is 16.2. The number of hydrogen-bond acceptors (Lipinski definition) is 3. The third-order valence-electron chi connectivity index (χ3n) is 6.02. The Bertz CT molecular complexity index is 547. The summed E-state index contributed by atoms with van der Waals surface area (Å²) in [5, 5.41) is 3.74. The van der Waals surface area contributed by atoms with Crippen molar-refractivity contribution in [2.45, 2.75) is 58.4 Å². The largest absolute Gasteiger partial charge is 0.344 e. The summed E-state index contributed by atoms with van der Waals surface area (Å²) in [6.07, 6.45) is 4.33. The van der Waals surface area contributed by atoms with Gasteiger partial charge in [-0.05, 0) is 38.0 Å². The predicted molar refractivity (Wildman–Crippen MR) is 92.4 cm³/mol. The van der Waals surface area contributed by atoms with Crippen LogP contribution in [0.5, 0.6) is 0 Å². The maximum absolute atomic E-state index is 12.8. The van der Waals surface area contributed by atoms with Crippen molar-refractivity contribution in [3.05, 3.63) is 0 Å². The van der Waals surface area contributed by atoms with Crippen molar-refractivity contribution >= 4 is 17.8 Å². The summed E-state index contributed by atoms with van der Waals surface area (Å²) in [6, 6.07) is -0.497. The van der Waals surface area contributed by atoms with Gasteiger partial charge in [-0.3, -0.25) is 15.0 Å². The van der Waals surface area contributed by atoms with Gasteiger partial charge in [-0.15, -0.1) is 0 Å². The van der Waals surface area contributed by atoms with Crippen LogP contribution in [0.2, 0.25) is 0 Å². The number of nitrogens with zero attached hydrogens (tertiary/aromatic N) is 1. The normalized spacial score (nSPS) is 38.8. The monoisotopic (exact) mass is 351 g/mol.